The van der Waals surface area contributed by atoms with Crippen LogP contribution < -0.4 is 19.7 Å². The summed E-state index contributed by atoms with van der Waals surface area (Å²) >= 11 is 0. The third kappa shape index (κ3) is 5.62. The normalized spacial score (nSPS) is 14.4. The van der Waals surface area contributed by atoms with Crippen molar-refractivity contribution < 1.29 is 19.1 Å². The molecule has 0 saturated carbocycles. The van der Waals surface area contributed by atoms with E-state index in [1.807, 2.05) is 78.6 Å². The maximum atomic E-state index is 13.5. The number of rotatable bonds is 9. The Morgan fingerprint density at radius 1 is 0.944 bits per heavy atom. The fourth-order valence-corrected chi connectivity index (χ4v) is 4.56. The molecule has 36 heavy (non-hydrogen) atoms. The molecule has 7 heteroatoms. The summed E-state index contributed by atoms with van der Waals surface area (Å²) in [5.74, 6) is 0.984. The van der Waals surface area contributed by atoms with Crippen LogP contribution in [0.2, 0.25) is 0 Å². The Morgan fingerprint density at radius 3 is 2.31 bits per heavy atom. The molecule has 188 valence electrons. The summed E-state index contributed by atoms with van der Waals surface area (Å²) in [7, 11) is 3.22. The quantitative estimate of drug-likeness (QED) is 0.422. The van der Waals surface area contributed by atoms with Crippen LogP contribution >= 0.6 is 0 Å². The first-order valence-electron chi connectivity index (χ1n) is 12.3. The molecule has 1 aliphatic heterocycles. The Balaban J connectivity index is 1.57. The van der Waals surface area contributed by atoms with Gasteiger partial charge in [0.2, 0.25) is 5.91 Å². The van der Waals surface area contributed by atoms with E-state index in [1.165, 1.54) is 0 Å². The van der Waals surface area contributed by atoms with Gasteiger partial charge in [0.25, 0.3) is 0 Å². The van der Waals surface area contributed by atoms with Crippen LogP contribution in [0, 0.1) is 0 Å². The van der Waals surface area contributed by atoms with E-state index in [1.54, 1.807) is 25.2 Å². The lowest BCUT2D eigenvalue weighted by Gasteiger charge is -2.36. The van der Waals surface area contributed by atoms with Crippen molar-refractivity contribution in [3.63, 3.8) is 0 Å². The Bertz CT molecular complexity index is 1180. The van der Waals surface area contributed by atoms with Crippen LogP contribution in [0.3, 0.4) is 0 Å². The highest BCUT2D eigenvalue weighted by Crippen LogP contribution is 2.34. The minimum atomic E-state index is -0.297. The van der Waals surface area contributed by atoms with Crippen LogP contribution in [-0.4, -0.2) is 44.1 Å². The van der Waals surface area contributed by atoms with E-state index in [2.05, 4.69) is 5.32 Å². The summed E-state index contributed by atoms with van der Waals surface area (Å²) in [5, 5.41) is 3.08. The number of hydrogen-bond acceptors (Lipinski definition) is 4. The summed E-state index contributed by atoms with van der Waals surface area (Å²) in [6.07, 6.45) is 1.48. The number of urea groups is 1. The van der Waals surface area contributed by atoms with Crippen molar-refractivity contribution in [3.8, 4) is 11.5 Å². The van der Waals surface area contributed by atoms with Gasteiger partial charge in [0, 0.05) is 25.7 Å². The van der Waals surface area contributed by atoms with Gasteiger partial charge in [-0.2, -0.15) is 0 Å². The van der Waals surface area contributed by atoms with Crippen LogP contribution in [0.4, 0.5) is 16.2 Å². The second-order valence-electron chi connectivity index (χ2n) is 8.80. The topological polar surface area (TPSA) is 71.1 Å². The molecule has 1 saturated heterocycles. The van der Waals surface area contributed by atoms with Gasteiger partial charge in [-0.15, -0.1) is 0 Å². The van der Waals surface area contributed by atoms with Crippen LogP contribution in [0.5, 0.6) is 11.5 Å². The van der Waals surface area contributed by atoms with Gasteiger partial charge in [-0.3, -0.25) is 9.69 Å². The van der Waals surface area contributed by atoms with E-state index < -0.39 is 0 Å². The third-order valence-electron chi connectivity index (χ3n) is 6.52. The lowest BCUT2D eigenvalue weighted by Crippen LogP contribution is -2.49. The molecule has 0 unspecified atom stereocenters. The first kappa shape index (κ1) is 25.1. The molecule has 3 aromatic carbocycles. The number of anilines is 2. The number of amides is 3. The van der Waals surface area contributed by atoms with Gasteiger partial charge < -0.3 is 19.7 Å². The van der Waals surface area contributed by atoms with Crippen molar-refractivity contribution in [2.24, 2.45) is 0 Å². The van der Waals surface area contributed by atoms with E-state index in [4.69, 9.17) is 9.47 Å². The van der Waals surface area contributed by atoms with Crippen molar-refractivity contribution in [1.82, 2.24) is 4.90 Å². The fraction of sp³-hybridized carbons (Fsp3) is 0.310. The molecule has 3 aromatic rings. The molecular formula is C29H33N3O4. The minimum Gasteiger partial charge on any atom is -0.497 e. The Kier molecular flexibility index (Phi) is 8.10. The number of hydrogen-bond donors (Lipinski definition) is 1. The van der Waals surface area contributed by atoms with E-state index >= 15 is 0 Å². The summed E-state index contributed by atoms with van der Waals surface area (Å²) in [6.45, 7) is 3.74. The van der Waals surface area contributed by atoms with E-state index in [-0.39, 0.29) is 17.9 Å². The molecule has 0 radical (unpaired) electrons. The number of ether oxygens (including phenoxy) is 2. The van der Waals surface area contributed by atoms with Gasteiger partial charge >= 0.3 is 6.03 Å². The first-order valence-corrected chi connectivity index (χ1v) is 12.3. The summed E-state index contributed by atoms with van der Waals surface area (Å²) in [5.41, 5.74) is 3.22. The van der Waals surface area contributed by atoms with Gasteiger partial charge in [0.1, 0.15) is 11.5 Å². The van der Waals surface area contributed by atoms with Crippen molar-refractivity contribution in [2.75, 3.05) is 37.5 Å². The summed E-state index contributed by atoms with van der Waals surface area (Å²) in [4.78, 5) is 30.5. The molecule has 1 N–H and O–H groups in total. The van der Waals surface area contributed by atoms with E-state index in [0.29, 0.717) is 43.2 Å². The third-order valence-corrected chi connectivity index (χ3v) is 6.52. The zero-order chi connectivity index (χ0) is 25.5. The number of benzene rings is 3. The average molecular weight is 488 g/mol. The summed E-state index contributed by atoms with van der Waals surface area (Å²) < 4.78 is 10.7. The highest BCUT2D eigenvalue weighted by atomic mass is 16.5. The second kappa shape index (κ2) is 11.6. The smallest absolute Gasteiger partial charge is 0.324 e. The number of carbonyl (C=O) groups excluding carboxylic acids is 2. The average Bonchev–Trinajstić information content (AvgIpc) is 2.91. The molecule has 1 heterocycles. The van der Waals surface area contributed by atoms with Crippen LogP contribution in [0.25, 0.3) is 0 Å². The van der Waals surface area contributed by atoms with Gasteiger partial charge in [-0.05, 0) is 48.2 Å². The van der Waals surface area contributed by atoms with Gasteiger partial charge in [-0.1, -0.05) is 49.4 Å². The maximum Gasteiger partial charge on any atom is 0.324 e. The second-order valence-corrected chi connectivity index (χ2v) is 8.80. The zero-order valence-corrected chi connectivity index (χ0v) is 21.1. The lowest BCUT2D eigenvalue weighted by molar-refractivity contribution is -0.117. The van der Waals surface area contributed by atoms with Gasteiger partial charge in [-0.25, -0.2) is 4.79 Å². The van der Waals surface area contributed by atoms with Crippen molar-refractivity contribution in [3.05, 3.63) is 83.9 Å². The standard InChI is InChI=1S/C29H33N3O4/c1-4-25(22-9-6-5-7-10-22)28(33)30-26-19-24(36-3)15-16-27(26)32-18-8-17-31(29(32)34)20-21-11-13-23(35-2)14-12-21/h5-7,9-16,19,25H,4,8,17-18,20H2,1-3H3,(H,30,33)/t25-/m0/s1. The molecule has 1 atom stereocenters. The molecule has 1 aliphatic rings. The van der Waals surface area contributed by atoms with Crippen LogP contribution in [-0.2, 0) is 11.3 Å². The van der Waals surface area contributed by atoms with Crippen LogP contribution in [0.1, 0.15) is 36.8 Å². The molecule has 0 bridgehead atoms. The minimum absolute atomic E-state index is 0.0900. The highest BCUT2D eigenvalue weighted by molar-refractivity contribution is 6.03. The van der Waals surface area contributed by atoms with Gasteiger partial charge in [0.15, 0.2) is 0 Å². The molecule has 1 fully saturated rings. The Labute approximate surface area is 212 Å². The number of carbonyl (C=O) groups is 2. The number of nitrogens with zero attached hydrogens (tertiary/aromatic N) is 2. The number of nitrogens with one attached hydrogen (secondary N) is 1. The lowest BCUT2D eigenvalue weighted by atomic mass is 9.95. The molecule has 0 aliphatic carbocycles. The largest absolute Gasteiger partial charge is 0.497 e. The zero-order valence-electron chi connectivity index (χ0n) is 21.1. The molecule has 0 spiro atoms. The van der Waals surface area contributed by atoms with Crippen molar-refractivity contribution in [1.29, 1.82) is 0 Å². The number of methoxy groups -OCH3 is 2. The predicted molar refractivity (Wildman–Crippen MR) is 142 cm³/mol. The van der Waals surface area contributed by atoms with Crippen molar-refractivity contribution in [2.45, 2.75) is 32.2 Å². The molecule has 3 amide bonds. The Hall–Kier alpha value is -4.00. The fourth-order valence-electron chi connectivity index (χ4n) is 4.56. The van der Waals surface area contributed by atoms with Crippen molar-refractivity contribution >= 4 is 23.3 Å². The summed E-state index contributed by atoms with van der Waals surface area (Å²) in [6, 6.07) is 22.8. The van der Waals surface area contributed by atoms with E-state index in [9.17, 15) is 9.59 Å². The van der Waals surface area contributed by atoms with E-state index in [0.717, 1.165) is 23.3 Å². The monoisotopic (exact) mass is 487 g/mol. The van der Waals surface area contributed by atoms with Crippen LogP contribution in [0.15, 0.2) is 72.8 Å². The molecule has 0 aromatic heterocycles. The molecular weight excluding hydrogens is 454 g/mol. The predicted octanol–water partition coefficient (Wildman–Crippen LogP) is 5.67. The van der Waals surface area contributed by atoms with Gasteiger partial charge in [0.05, 0.1) is 31.5 Å². The Morgan fingerprint density at radius 2 is 1.64 bits per heavy atom. The molecule has 4 rings (SSSR count). The highest BCUT2D eigenvalue weighted by Gasteiger charge is 2.29. The maximum absolute atomic E-state index is 13.5. The molecule has 7 nitrogen and oxygen atoms in total. The first-order chi connectivity index (χ1) is 17.5. The SMILES string of the molecule is CC[C@H](C(=O)Nc1cc(OC)ccc1N1CCCN(Cc2ccc(OC)cc2)C1=O)c1ccccc1.